The molecule has 0 aliphatic carbocycles. The molecule has 49 heavy (non-hydrogen) atoms. The number of aromatic nitrogens is 3. The molecule has 9 atom stereocenters. The molecule has 0 radical (unpaired) electrons. The van der Waals surface area contributed by atoms with Crippen LogP contribution in [0.5, 0.6) is 0 Å². The number of hydrogen-bond acceptors (Lipinski definition) is 11. The first-order chi connectivity index (χ1) is 23.3. The van der Waals surface area contributed by atoms with E-state index >= 15 is 4.11 Å². The summed E-state index contributed by atoms with van der Waals surface area (Å²) in [4.78, 5) is 29.6. The zero-order valence-electron chi connectivity index (χ0n) is 27.4. The number of nitrogens with one attached hydrogen (secondary N) is 1. The lowest BCUT2D eigenvalue weighted by Gasteiger charge is -2.37. The minimum atomic E-state index is -3.48. The van der Waals surface area contributed by atoms with Crippen LogP contribution in [0.2, 0.25) is 18.6 Å². The maximum atomic E-state index is 16.3. The molecule has 6 N–H and O–H groups in total. The van der Waals surface area contributed by atoms with Crippen LogP contribution in [0.4, 0.5) is 15.5 Å². The summed E-state index contributed by atoms with van der Waals surface area (Å²) < 4.78 is 29.8. The second kappa shape index (κ2) is 13.6. The summed E-state index contributed by atoms with van der Waals surface area (Å²) in [5.74, 6) is -1.87. The molecule has 1 aromatic heterocycles. The number of carbonyl (C=O) groups is 2. The Balaban J connectivity index is 1.36. The van der Waals surface area contributed by atoms with Gasteiger partial charge in [-0.25, -0.2) is 0 Å². The van der Waals surface area contributed by atoms with Crippen molar-refractivity contribution < 1.29 is 48.7 Å². The number of ether oxygens (including phenoxy) is 2. The Morgan fingerprint density at radius 1 is 1.08 bits per heavy atom. The van der Waals surface area contributed by atoms with Crippen molar-refractivity contribution in [3.63, 3.8) is 0 Å². The Morgan fingerprint density at radius 2 is 1.82 bits per heavy atom. The minimum Gasteiger partial charge on any atom is -0.396 e. The molecule has 3 aromatic rings. The molecule has 16 heteroatoms. The first kappa shape index (κ1) is 35.2. The zero-order valence-corrected chi connectivity index (χ0v) is 28.4. The van der Waals surface area contributed by atoms with E-state index in [1.807, 2.05) is 37.3 Å². The lowest BCUT2D eigenvalue weighted by molar-refractivity contribution is -0.274. The molecule has 14 nitrogen and oxygen atoms in total. The van der Waals surface area contributed by atoms with E-state index in [0.717, 1.165) is 5.56 Å². The fourth-order valence-corrected chi connectivity index (χ4v) is 10.1. The monoisotopic (exact) mass is 699 g/mol. The first-order valence-corrected chi connectivity index (χ1v) is 19.3. The molecule has 3 aliphatic rings. The van der Waals surface area contributed by atoms with Crippen LogP contribution in [-0.4, -0.2) is 104 Å². The summed E-state index contributed by atoms with van der Waals surface area (Å²) in [6.07, 6.45) is -7.35. The van der Waals surface area contributed by atoms with E-state index in [1.54, 1.807) is 47.1 Å². The first-order valence-electron chi connectivity index (χ1n) is 16.3. The molecular weight excluding hydrogens is 657 g/mol. The Bertz CT molecular complexity index is 1680. The minimum absolute atomic E-state index is 0.0705. The molecule has 6 rings (SSSR count). The lowest BCUT2D eigenvalue weighted by Crippen LogP contribution is -2.60. The summed E-state index contributed by atoms with van der Waals surface area (Å²) >= 11 is 0. The van der Waals surface area contributed by atoms with Gasteiger partial charge < -0.3 is 49.3 Å². The summed E-state index contributed by atoms with van der Waals surface area (Å²) in [6, 6.07) is 14.2. The van der Waals surface area contributed by atoms with Crippen molar-refractivity contribution in [2.45, 2.75) is 93.9 Å². The van der Waals surface area contributed by atoms with Crippen molar-refractivity contribution >= 4 is 31.6 Å². The van der Waals surface area contributed by atoms with Gasteiger partial charge in [-0.05, 0) is 43.3 Å². The Kier molecular flexibility index (Phi) is 9.77. The summed E-state index contributed by atoms with van der Waals surface area (Å²) in [7, 11) is -3.48. The van der Waals surface area contributed by atoms with Gasteiger partial charge in [-0.3, -0.25) is 14.3 Å². The van der Waals surface area contributed by atoms with Crippen LogP contribution >= 0.6 is 0 Å². The third-order valence-electron chi connectivity index (χ3n) is 9.86. The fraction of sp³-hybridized carbons (Fsp3) is 0.515. The molecule has 2 aromatic carbocycles. The normalized spacial score (nSPS) is 31.4. The number of amides is 2. The van der Waals surface area contributed by atoms with E-state index in [-0.39, 0.29) is 24.7 Å². The summed E-state index contributed by atoms with van der Waals surface area (Å²) in [5, 5.41) is 60.4. The highest BCUT2D eigenvalue weighted by Crippen LogP contribution is 2.60. The number of hydrogen-bond donors (Lipinski definition) is 6. The van der Waals surface area contributed by atoms with Crippen molar-refractivity contribution in [3.8, 4) is 0 Å². The van der Waals surface area contributed by atoms with Gasteiger partial charge in [0.25, 0.3) is 11.8 Å². The molecule has 264 valence electrons. The van der Waals surface area contributed by atoms with Crippen LogP contribution in [0.25, 0.3) is 0 Å². The quantitative estimate of drug-likeness (QED) is 0.130. The highest BCUT2D eigenvalue weighted by Gasteiger charge is 2.66. The highest BCUT2D eigenvalue weighted by atomic mass is 28.4. The van der Waals surface area contributed by atoms with E-state index in [4.69, 9.17) is 9.47 Å². The van der Waals surface area contributed by atoms with Gasteiger partial charge in [0.1, 0.15) is 18.3 Å². The Labute approximate surface area is 283 Å². The van der Waals surface area contributed by atoms with Crippen LogP contribution in [-0.2, 0) is 44.2 Å². The number of carbonyl (C=O) groups excluding carboxylic acids is 2. The average molecular weight is 700 g/mol. The number of nitrogens with zero attached hydrogens (tertiary/aromatic N) is 4. The van der Waals surface area contributed by atoms with Crippen molar-refractivity contribution in [2.75, 3.05) is 16.8 Å². The van der Waals surface area contributed by atoms with Gasteiger partial charge in [0, 0.05) is 48.5 Å². The predicted molar refractivity (Wildman–Crippen MR) is 175 cm³/mol. The lowest BCUT2D eigenvalue weighted by atomic mass is 9.82. The standard InChI is InChI=1S/C33H42FN5O9Si/c1-18-29(49(2,3)34)24(11-13-38-17-21(12-14-40)36-37-38)48-33(18)22-15-20(35-30(44)28-26(42)25(41)27(43)31(45)47-28)9-10-23(22)39(32(33)46)16-19-7-5-4-6-8-19/h4-10,15,17-18,24-29,31,40-43,45H,11-14,16H2,1-3H3,(H,35,44)/t18-,24+,25-,26-,27+,28-,29-,31+,33+/m0/s1. The van der Waals surface area contributed by atoms with Gasteiger partial charge in [0.2, 0.25) is 8.41 Å². The Morgan fingerprint density at radius 3 is 2.51 bits per heavy atom. The molecule has 0 unspecified atom stereocenters. The molecule has 3 aliphatic heterocycles. The topological polar surface area (TPSA) is 200 Å². The fourth-order valence-electron chi connectivity index (χ4n) is 7.55. The Hall–Kier alpha value is -3.61. The SMILES string of the molecule is C[C@H]1[C@H]([Si](C)(C)F)[C@@H](CCn2cc(CCO)nn2)O[C@]12C(=O)N(Cc1ccccc1)c1ccc(NC(=O)[C@H]3O[C@@H](O)[C@H](O)[C@@H](O)[C@@H]3O)cc12. The van der Waals surface area contributed by atoms with E-state index in [2.05, 4.69) is 15.6 Å². The number of benzene rings is 2. The molecule has 0 saturated carbocycles. The second-order valence-corrected chi connectivity index (χ2v) is 17.3. The molecule has 2 fully saturated rings. The zero-order chi connectivity index (χ0) is 35.2. The maximum absolute atomic E-state index is 16.3. The number of anilines is 2. The van der Waals surface area contributed by atoms with Crippen LogP contribution in [0.1, 0.15) is 30.2 Å². The van der Waals surface area contributed by atoms with Gasteiger partial charge in [-0.2, -0.15) is 0 Å². The van der Waals surface area contributed by atoms with Gasteiger partial charge in [0.05, 0.1) is 24.0 Å². The van der Waals surface area contributed by atoms with E-state index in [0.29, 0.717) is 36.3 Å². The van der Waals surface area contributed by atoms with E-state index < -0.39 is 68.2 Å². The number of rotatable bonds is 10. The number of halogens is 1. The summed E-state index contributed by atoms with van der Waals surface area (Å²) in [6.45, 7) is 5.52. The molecule has 4 heterocycles. The van der Waals surface area contributed by atoms with E-state index in [1.165, 1.54) is 0 Å². The molecule has 2 amide bonds. The van der Waals surface area contributed by atoms with Crippen molar-refractivity contribution in [1.82, 2.24) is 15.0 Å². The van der Waals surface area contributed by atoms with E-state index in [9.17, 15) is 35.1 Å². The highest BCUT2D eigenvalue weighted by molar-refractivity contribution is 6.72. The third-order valence-corrected chi connectivity index (χ3v) is 12.3. The van der Waals surface area contributed by atoms with Crippen molar-refractivity contribution in [3.05, 3.63) is 71.5 Å². The van der Waals surface area contributed by atoms with Gasteiger partial charge >= 0.3 is 0 Å². The summed E-state index contributed by atoms with van der Waals surface area (Å²) in [5.41, 5.74) is 0.463. The van der Waals surface area contributed by atoms with Crippen molar-refractivity contribution in [1.29, 1.82) is 0 Å². The third kappa shape index (κ3) is 6.43. The average Bonchev–Trinajstić information content (AvgIpc) is 3.71. The second-order valence-electron chi connectivity index (χ2n) is 13.5. The van der Waals surface area contributed by atoms with Crippen LogP contribution in [0.3, 0.4) is 0 Å². The predicted octanol–water partition coefficient (Wildman–Crippen LogP) is 0.963. The number of fused-ring (bicyclic) bond motifs is 2. The number of aryl methyl sites for hydroxylation is 1. The largest absolute Gasteiger partial charge is 0.396 e. The van der Waals surface area contributed by atoms with Gasteiger partial charge in [0.15, 0.2) is 18.0 Å². The van der Waals surface area contributed by atoms with Crippen molar-refractivity contribution in [2.24, 2.45) is 5.92 Å². The van der Waals surface area contributed by atoms with Crippen LogP contribution in [0, 0.1) is 5.92 Å². The number of aliphatic hydroxyl groups excluding tert-OH is 5. The van der Waals surface area contributed by atoms with Crippen LogP contribution in [0.15, 0.2) is 54.7 Å². The smallest absolute Gasteiger partial charge is 0.264 e. The molecule has 0 bridgehead atoms. The van der Waals surface area contributed by atoms with Gasteiger partial charge in [-0.15, -0.1) is 5.10 Å². The maximum Gasteiger partial charge on any atom is 0.264 e. The van der Waals surface area contributed by atoms with Gasteiger partial charge in [-0.1, -0.05) is 42.5 Å². The number of aliphatic hydroxyl groups is 5. The molecule has 1 spiro atoms. The van der Waals surface area contributed by atoms with Crippen LogP contribution < -0.4 is 10.2 Å². The molecule has 2 saturated heterocycles. The molecular formula is C33H42FN5O9Si.